The van der Waals surface area contributed by atoms with Gasteiger partial charge in [-0.1, -0.05) is 42.8 Å². The second-order valence-electron chi connectivity index (χ2n) is 5.68. The third-order valence-electron chi connectivity index (χ3n) is 4.03. The Labute approximate surface area is 159 Å². The minimum Gasteiger partial charge on any atom is -0.329 e. The minimum absolute atomic E-state index is 0.244. The number of thiazole rings is 1. The molecule has 0 radical (unpaired) electrons. The third-order valence-corrected chi connectivity index (χ3v) is 6.32. The van der Waals surface area contributed by atoms with Crippen LogP contribution in [0.2, 0.25) is 0 Å². The van der Waals surface area contributed by atoms with Crippen LogP contribution in [0.5, 0.6) is 0 Å². The molecule has 1 aliphatic heterocycles. The number of carbonyl (C=O) groups excluding carboxylic acids is 3. The van der Waals surface area contributed by atoms with Gasteiger partial charge in [0, 0.05) is 4.88 Å². The predicted molar refractivity (Wildman–Crippen MR) is 99.3 cm³/mol. The van der Waals surface area contributed by atoms with Gasteiger partial charge in [0.05, 0.1) is 22.7 Å². The van der Waals surface area contributed by atoms with Gasteiger partial charge >= 0.3 is 5.97 Å². The van der Waals surface area contributed by atoms with Crippen LogP contribution in [-0.2, 0) is 9.63 Å². The second kappa shape index (κ2) is 7.59. The van der Waals surface area contributed by atoms with Crippen molar-refractivity contribution in [2.45, 2.75) is 37.4 Å². The lowest BCUT2D eigenvalue weighted by Gasteiger charge is -2.17. The van der Waals surface area contributed by atoms with E-state index in [2.05, 4.69) is 4.98 Å². The van der Waals surface area contributed by atoms with E-state index in [1.807, 2.05) is 20.8 Å². The van der Waals surface area contributed by atoms with Gasteiger partial charge in [0.25, 0.3) is 11.8 Å². The molecule has 0 spiro atoms. The van der Waals surface area contributed by atoms with Gasteiger partial charge in [0.2, 0.25) is 0 Å². The zero-order valence-electron chi connectivity index (χ0n) is 14.6. The number of hydrogen-bond donors (Lipinski definition) is 0. The lowest BCUT2D eigenvalue weighted by molar-refractivity contribution is -0.170. The number of benzene rings is 1. The highest BCUT2D eigenvalue weighted by Gasteiger charge is 2.40. The number of hydrogen-bond acceptors (Lipinski definition) is 7. The van der Waals surface area contributed by atoms with E-state index in [1.54, 1.807) is 36.0 Å². The Bertz CT molecular complexity index is 843. The zero-order chi connectivity index (χ0) is 18.8. The van der Waals surface area contributed by atoms with Crippen LogP contribution in [0.1, 0.15) is 57.5 Å². The molecule has 0 aliphatic carbocycles. The highest BCUT2D eigenvalue weighted by molar-refractivity contribution is 8.01. The molecule has 1 aliphatic rings. The normalized spacial score (nSPS) is 14.5. The van der Waals surface area contributed by atoms with E-state index in [0.717, 1.165) is 20.7 Å². The Hall–Kier alpha value is -2.19. The van der Waals surface area contributed by atoms with Crippen molar-refractivity contribution in [3.05, 3.63) is 46.0 Å². The van der Waals surface area contributed by atoms with Crippen LogP contribution in [0, 0.1) is 6.92 Å². The summed E-state index contributed by atoms with van der Waals surface area (Å²) in [6.45, 7) is 5.75. The molecule has 0 fully saturated rings. The van der Waals surface area contributed by atoms with Gasteiger partial charge < -0.3 is 4.84 Å². The third kappa shape index (κ3) is 3.26. The smallest absolute Gasteiger partial charge is 0.329 e. The lowest BCUT2D eigenvalue weighted by Crippen LogP contribution is -2.34. The van der Waals surface area contributed by atoms with Crippen molar-refractivity contribution >= 4 is 40.9 Å². The van der Waals surface area contributed by atoms with Gasteiger partial charge in [-0.15, -0.1) is 11.3 Å². The van der Waals surface area contributed by atoms with E-state index in [0.29, 0.717) is 11.5 Å². The molecule has 1 aromatic heterocycles. The molecular formula is C18H18N2O4S2. The fourth-order valence-corrected chi connectivity index (χ4v) is 5.03. The number of carbonyl (C=O) groups is 3. The van der Waals surface area contributed by atoms with Crippen LogP contribution in [0.25, 0.3) is 0 Å². The van der Waals surface area contributed by atoms with E-state index in [-0.39, 0.29) is 11.1 Å². The molecule has 2 amide bonds. The molecule has 3 rings (SSSR count). The highest BCUT2D eigenvalue weighted by Crippen LogP contribution is 2.35. The van der Waals surface area contributed by atoms with Gasteiger partial charge in [-0.25, -0.2) is 9.78 Å². The topological polar surface area (TPSA) is 76.6 Å². The summed E-state index contributed by atoms with van der Waals surface area (Å²) in [4.78, 5) is 47.9. The van der Waals surface area contributed by atoms with Crippen LogP contribution in [0.4, 0.5) is 0 Å². The summed E-state index contributed by atoms with van der Waals surface area (Å²) in [5, 5.41) is 0.563. The first-order chi connectivity index (χ1) is 12.5. The molecule has 136 valence electrons. The van der Waals surface area contributed by atoms with Gasteiger partial charge in [0.1, 0.15) is 4.34 Å². The Morgan fingerprint density at radius 2 is 1.85 bits per heavy atom. The number of rotatable bonds is 6. The van der Waals surface area contributed by atoms with Crippen LogP contribution in [-0.4, -0.2) is 33.6 Å². The van der Waals surface area contributed by atoms with Crippen molar-refractivity contribution in [3.8, 4) is 0 Å². The molecule has 6 nitrogen and oxygen atoms in total. The maximum absolute atomic E-state index is 12.7. The fourth-order valence-electron chi connectivity index (χ4n) is 2.75. The minimum atomic E-state index is -0.623. The highest BCUT2D eigenvalue weighted by atomic mass is 32.2. The summed E-state index contributed by atoms with van der Waals surface area (Å²) in [6, 6.07) is 6.42. The maximum Gasteiger partial charge on any atom is 0.341 e. The maximum atomic E-state index is 12.7. The number of hydroxylamine groups is 2. The first-order valence-corrected chi connectivity index (χ1v) is 10.1. The van der Waals surface area contributed by atoms with E-state index >= 15 is 0 Å². The molecule has 1 aromatic carbocycles. The van der Waals surface area contributed by atoms with E-state index in [9.17, 15) is 14.4 Å². The summed E-state index contributed by atoms with van der Waals surface area (Å²) >= 11 is 3.07. The average Bonchev–Trinajstić information content (AvgIpc) is 3.10. The number of nitrogens with zero attached hydrogens (tertiary/aromatic N) is 2. The molecule has 0 bridgehead atoms. The van der Waals surface area contributed by atoms with E-state index in [1.165, 1.54) is 11.3 Å². The Kier molecular flexibility index (Phi) is 5.43. The Morgan fingerprint density at radius 3 is 2.38 bits per heavy atom. The number of amides is 2. The van der Waals surface area contributed by atoms with Crippen LogP contribution < -0.4 is 0 Å². The molecule has 1 atom stereocenters. The number of aryl methyl sites for hydroxylation is 1. The summed E-state index contributed by atoms with van der Waals surface area (Å²) in [5.41, 5.74) is 1.26. The SMILES string of the molecule is CCSc1nc(C)c(C(CC)C(=O)ON2C(=O)c3ccccc3C2=O)s1. The fraction of sp³-hybridized carbons (Fsp3) is 0.333. The summed E-state index contributed by atoms with van der Waals surface area (Å²) in [5.74, 6) is -1.53. The monoisotopic (exact) mass is 390 g/mol. The molecule has 2 aromatic rings. The Morgan fingerprint density at radius 1 is 1.23 bits per heavy atom. The first kappa shape index (κ1) is 18.6. The number of aromatic nitrogens is 1. The van der Waals surface area contributed by atoms with Crippen molar-refractivity contribution in [1.29, 1.82) is 0 Å². The molecule has 26 heavy (non-hydrogen) atoms. The summed E-state index contributed by atoms with van der Waals surface area (Å²) in [6.07, 6.45) is 0.487. The average molecular weight is 390 g/mol. The summed E-state index contributed by atoms with van der Waals surface area (Å²) < 4.78 is 0.895. The molecule has 0 N–H and O–H groups in total. The lowest BCUT2D eigenvalue weighted by atomic mass is 10.0. The van der Waals surface area contributed by atoms with Gasteiger partial charge in [-0.3, -0.25) is 9.59 Å². The summed E-state index contributed by atoms with van der Waals surface area (Å²) in [7, 11) is 0. The molecular weight excluding hydrogens is 372 g/mol. The molecule has 8 heteroatoms. The van der Waals surface area contributed by atoms with E-state index in [4.69, 9.17) is 4.84 Å². The second-order valence-corrected chi connectivity index (χ2v) is 8.23. The molecule has 1 unspecified atom stereocenters. The van der Waals surface area contributed by atoms with Crippen molar-refractivity contribution in [2.75, 3.05) is 5.75 Å². The van der Waals surface area contributed by atoms with Crippen molar-refractivity contribution in [1.82, 2.24) is 10.0 Å². The molecule has 2 heterocycles. The van der Waals surface area contributed by atoms with Gasteiger partial charge in [-0.05, 0) is 31.2 Å². The number of fused-ring (bicyclic) bond motifs is 1. The largest absolute Gasteiger partial charge is 0.341 e. The van der Waals surface area contributed by atoms with Crippen molar-refractivity contribution in [2.24, 2.45) is 0 Å². The zero-order valence-corrected chi connectivity index (χ0v) is 16.3. The van der Waals surface area contributed by atoms with Crippen molar-refractivity contribution in [3.63, 3.8) is 0 Å². The standard InChI is InChI=1S/C18H18N2O4S2/c1-4-11(14-10(3)19-18(26-14)25-5-2)17(23)24-20-15(21)12-8-6-7-9-13(12)16(20)22/h6-9,11H,4-5H2,1-3H3. The molecule has 0 saturated heterocycles. The quantitative estimate of drug-likeness (QED) is 0.551. The Balaban J connectivity index is 1.81. The van der Waals surface area contributed by atoms with Crippen molar-refractivity contribution < 1.29 is 19.2 Å². The predicted octanol–water partition coefficient (Wildman–Crippen LogP) is 3.81. The van der Waals surface area contributed by atoms with Crippen LogP contribution in [0.15, 0.2) is 28.6 Å². The molecule has 0 saturated carbocycles. The van der Waals surface area contributed by atoms with E-state index < -0.39 is 23.7 Å². The number of thioether (sulfide) groups is 1. The first-order valence-electron chi connectivity index (χ1n) is 8.27. The van der Waals surface area contributed by atoms with Crippen LogP contribution in [0.3, 0.4) is 0 Å². The van der Waals surface area contributed by atoms with Gasteiger partial charge in [0.15, 0.2) is 0 Å². The van der Waals surface area contributed by atoms with Gasteiger partial charge in [-0.2, -0.15) is 0 Å². The van der Waals surface area contributed by atoms with Crippen LogP contribution >= 0.6 is 23.1 Å². The number of imide groups is 1.